The Bertz CT molecular complexity index is 750. The lowest BCUT2D eigenvalue weighted by molar-refractivity contribution is 0.387. The third-order valence-electron chi connectivity index (χ3n) is 2.72. The molecule has 0 radical (unpaired) electrons. The van der Waals surface area contributed by atoms with Gasteiger partial charge in [-0.05, 0) is 18.2 Å². The van der Waals surface area contributed by atoms with Gasteiger partial charge in [0, 0.05) is 12.3 Å². The molecular weight excluding hydrogens is 261 g/mol. The maximum absolute atomic E-state index is 13.6. The molecule has 0 unspecified atom stereocenters. The number of fused-ring (bicyclic) bond motifs is 1. The van der Waals surface area contributed by atoms with Crippen LogP contribution in [0.15, 0.2) is 43.0 Å². The molecule has 0 aliphatic carbocycles. The maximum Gasteiger partial charge on any atom is 0.230 e. The lowest BCUT2D eigenvalue weighted by Crippen LogP contribution is -1.94. The van der Waals surface area contributed by atoms with Crippen LogP contribution < -0.4 is 9.47 Å². The monoisotopic (exact) mass is 271 g/mol. The zero-order valence-corrected chi connectivity index (χ0v) is 10.6. The zero-order valence-electron chi connectivity index (χ0n) is 10.6. The normalized spacial score (nSPS) is 10.5. The van der Waals surface area contributed by atoms with E-state index in [1.54, 1.807) is 24.5 Å². The van der Waals surface area contributed by atoms with Crippen molar-refractivity contribution in [3.8, 4) is 17.4 Å². The van der Waals surface area contributed by atoms with Crippen LogP contribution in [0.5, 0.6) is 17.4 Å². The molecule has 3 aromatic rings. The van der Waals surface area contributed by atoms with Crippen molar-refractivity contribution in [2.75, 3.05) is 7.11 Å². The molecule has 2 heterocycles. The molecule has 0 fully saturated rings. The first-order valence-electron chi connectivity index (χ1n) is 5.84. The molecule has 20 heavy (non-hydrogen) atoms. The van der Waals surface area contributed by atoms with Gasteiger partial charge < -0.3 is 9.47 Å². The Morgan fingerprint density at radius 1 is 1.20 bits per heavy atom. The van der Waals surface area contributed by atoms with Crippen LogP contribution in [0.2, 0.25) is 0 Å². The first kappa shape index (κ1) is 12.3. The highest BCUT2D eigenvalue weighted by Crippen LogP contribution is 2.30. The van der Waals surface area contributed by atoms with Crippen LogP contribution in [-0.2, 0) is 0 Å². The minimum Gasteiger partial charge on any atom is -0.494 e. The summed E-state index contributed by atoms with van der Waals surface area (Å²) in [6.07, 6.45) is 4.53. The van der Waals surface area contributed by atoms with E-state index in [-0.39, 0.29) is 5.75 Å². The molecule has 0 saturated carbocycles. The van der Waals surface area contributed by atoms with Crippen molar-refractivity contribution in [3.63, 3.8) is 0 Å². The highest BCUT2D eigenvalue weighted by Gasteiger charge is 2.11. The van der Waals surface area contributed by atoms with Crippen molar-refractivity contribution < 1.29 is 13.9 Å². The number of nitrogens with zero attached hydrogens (tertiary/aromatic N) is 3. The summed E-state index contributed by atoms with van der Waals surface area (Å²) >= 11 is 0. The number of benzene rings is 1. The zero-order chi connectivity index (χ0) is 13.9. The second-order valence-corrected chi connectivity index (χ2v) is 3.97. The average Bonchev–Trinajstić information content (AvgIpc) is 2.48. The molecule has 0 atom stereocenters. The second-order valence-electron chi connectivity index (χ2n) is 3.97. The largest absolute Gasteiger partial charge is 0.494 e. The molecule has 6 heteroatoms. The quantitative estimate of drug-likeness (QED) is 0.733. The highest BCUT2D eigenvalue weighted by molar-refractivity contribution is 5.85. The second kappa shape index (κ2) is 5.08. The molecule has 0 bridgehead atoms. The van der Waals surface area contributed by atoms with Crippen LogP contribution in [0, 0.1) is 5.82 Å². The van der Waals surface area contributed by atoms with Gasteiger partial charge in [-0.25, -0.2) is 14.4 Å². The highest BCUT2D eigenvalue weighted by atomic mass is 19.1. The van der Waals surface area contributed by atoms with E-state index in [1.165, 1.54) is 25.6 Å². The van der Waals surface area contributed by atoms with Crippen molar-refractivity contribution in [2.45, 2.75) is 0 Å². The third kappa shape index (κ3) is 2.23. The van der Waals surface area contributed by atoms with E-state index in [1.807, 2.05) is 0 Å². The topological polar surface area (TPSA) is 57.1 Å². The van der Waals surface area contributed by atoms with Gasteiger partial charge in [-0.2, -0.15) is 0 Å². The Labute approximate surface area is 114 Å². The Morgan fingerprint density at radius 2 is 2.10 bits per heavy atom. The number of pyridine rings is 1. The molecule has 100 valence electrons. The van der Waals surface area contributed by atoms with Gasteiger partial charge in [0.25, 0.3) is 0 Å². The summed E-state index contributed by atoms with van der Waals surface area (Å²) in [4.78, 5) is 12.0. The van der Waals surface area contributed by atoms with E-state index < -0.39 is 5.82 Å². The Balaban J connectivity index is 2.11. The first-order chi connectivity index (χ1) is 9.78. The average molecular weight is 271 g/mol. The molecule has 0 aliphatic heterocycles. The number of hydrogen-bond donors (Lipinski definition) is 0. The van der Waals surface area contributed by atoms with E-state index in [0.717, 1.165) is 0 Å². The van der Waals surface area contributed by atoms with E-state index in [4.69, 9.17) is 9.47 Å². The van der Waals surface area contributed by atoms with Crippen LogP contribution in [-0.4, -0.2) is 22.1 Å². The van der Waals surface area contributed by atoms with Crippen LogP contribution in [0.4, 0.5) is 4.39 Å². The lowest BCUT2D eigenvalue weighted by Gasteiger charge is -2.08. The molecule has 1 aromatic carbocycles. The standard InChI is InChI=1S/C14H10FN3O2/c1-19-13-5-10-12(6-11(13)15)17-8-18-14(10)20-9-3-2-4-16-7-9/h2-8H,1H3. The van der Waals surface area contributed by atoms with E-state index in [0.29, 0.717) is 22.5 Å². The SMILES string of the molecule is COc1cc2c(Oc3cccnc3)ncnc2cc1F. The van der Waals surface area contributed by atoms with Gasteiger partial charge in [0.1, 0.15) is 12.1 Å². The molecule has 5 nitrogen and oxygen atoms in total. The third-order valence-corrected chi connectivity index (χ3v) is 2.72. The minimum atomic E-state index is -0.481. The van der Waals surface area contributed by atoms with E-state index >= 15 is 0 Å². The fourth-order valence-corrected chi connectivity index (χ4v) is 1.79. The summed E-state index contributed by atoms with van der Waals surface area (Å²) < 4.78 is 24.2. The smallest absolute Gasteiger partial charge is 0.230 e. The fraction of sp³-hybridized carbons (Fsp3) is 0.0714. The van der Waals surface area contributed by atoms with Gasteiger partial charge in [0.2, 0.25) is 5.88 Å². The number of hydrogen-bond acceptors (Lipinski definition) is 5. The molecule has 0 saturated heterocycles. The van der Waals surface area contributed by atoms with Crippen molar-refractivity contribution in [1.82, 2.24) is 15.0 Å². The molecule has 2 aromatic heterocycles. The van der Waals surface area contributed by atoms with Crippen molar-refractivity contribution in [1.29, 1.82) is 0 Å². The number of ether oxygens (including phenoxy) is 2. The Hall–Kier alpha value is -2.76. The van der Waals surface area contributed by atoms with Crippen LogP contribution in [0.3, 0.4) is 0 Å². The Kier molecular flexibility index (Phi) is 3.12. The maximum atomic E-state index is 13.6. The predicted octanol–water partition coefficient (Wildman–Crippen LogP) is 2.96. The summed E-state index contributed by atoms with van der Waals surface area (Å²) in [5, 5.41) is 0.564. The number of aromatic nitrogens is 3. The number of methoxy groups -OCH3 is 1. The number of halogens is 1. The van der Waals surface area contributed by atoms with Crippen LogP contribution in [0.25, 0.3) is 10.9 Å². The van der Waals surface area contributed by atoms with Crippen molar-refractivity contribution >= 4 is 10.9 Å². The molecule has 0 amide bonds. The van der Waals surface area contributed by atoms with Gasteiger partial charge in [0.05, 0.1) is 24.2 Å². The molecule has 0 N–H and O–H groups in total. The van der Waals surface area contributed by atoms with Crippen LogP contribution in [0.1, 0.15) is 0 Å². The Morgan fingerprint density at radius 3 is 2.85 bits per heavy atom. The van der Waals surface area contributed by atoms with Gasteiger partial charge >= 0.3 is 0 Å². The fourth-order valence-electron chi connectivity index (χ4n) is 1.79. The molecule has 0 spiro atoms. The molecule has 3 rings (SSSR count). The minimum absolute atomic E-state index is 0.114. The van der Waals surface area contributed by atoms with Crippen molar-refractivity contribution in [3.05, 3.63) is 48.8 Å². The lowest BCUT2D eigenvalue weighted by atomic mass is 10.2. The number of rotatable bonds is 3. The van der Waals surface area contributed by atoms with Gasteiger partial charge in [0.15, 0.2) is 11.6 Å². The van der Waals surface area contributed by atoms with Gasteiger partial charge in [-0.15, -0.1) is 0 Å². The first-order valence-corrected chi connectivity index (χ1v) is 5.84. The van der Waals surface area contributed by atoms with E-state index in [9.17, 15) is 4.39 Å². The summed E-state index contributed by atoms with van der Waals surface area (Å²) in [6, 6.07) is 6.29. The summed E-state index contributed by atoms with van der Waals surface area (Å²) in [5.74, 6) is 0.492. The summed E-state index contributed by atoms with van der Waals surface area (Å²) in [7, 11) is 1.40. The molecule has 0 aliphatic rings. The van der Waals surface area contributed by atoms with E-state index in [2.05, 4.69) is 15.0 Å². The summed E-state index contributed by atoms with van der Waals surface area (Å²) in [6.45, 7) is 0. The summed E-state index contributed by atoms with van der Waals surface area (Å²) in [5.41, 5.74) is 0.442. The van der Waals surface area contributed by atoms with Crippen molar-refractivity contribution in [2.24, 2.45) is 0 Å². The van der Waals surface area contributed by atoms with Crippen LogP contribution >= 0.6 is 0 Å². The molecular formula is C14H10FN3O2. The van der Waals surface area contributed by atoms with Gasteiger partial charge in [-0.3, -0.25) is 4.98 Å². The van der Waals surface area contributed by atoms with Gasteiger partial charge in [-0.1, -0.05) is 0 Å². The predicted molar refractivity (Wildman–Crippen MR) is 70.4 cm³/mol.